The molecule has 1 saturated heterocycles. The largest absolute Gasteiger partial charge is 0.337 e. The number of imidazole rings is 1. The third-order valence-electron chi connectivity index (χ3n) is 4.47. The van der Waals surface area contributed by atoms with Gasteiger partial charge in [-0.05, 0) is 42.3 Å². The van der Waals surface area contributed by atoms with Crippen LogP contribution in [0.1, 0.15) is 30.3 Å². The highest BCUT2D eigenvalue weighted by Gasteiger charge is 2.27. The molecule has 3 aromatic heterocycles. The van der Waals surface area contributed by atoms with E-state index in [0.29, 0.717) is 11.6 Å². The number of amides is 1. The number of hydrogen-bond acceptors (Lipinski definition) is 3. The van der Waals surface area contributed by atoms with Crippen molar-refractivity contribution in [2.24, 2.45) is 5.92 Å². The zero-order chi connectivity index (χ0) is 15.8. The van der Waals surface area contributed by atoms with Crippen LogP contribution in [0.2, 0.25) is 0 Å². The lowest BCUT2D eigenvalue weighted by atomic mass is 10.00. The molecule has 23 heavy (non-hydrogen) atoms. The molecule has 0 aromatic carbocycles. The maximum Gasteiger partial charge on any atom is 0.274 e. The molecule has 4 nitrogen and oxygen atoms in total. The fourth-order valence-electron chi connectivity index (χ4n) is 3.34. The van der Waals surface area contributed by atoms with Gasteiger partial charge in [-0.2, -0.15) is 11.3 Å². The molecule has 4 rings (SSSR count). The van der Waals surface area contributed by atoms with Gasteiger partial charge in [0.25, 0.3) is 5.91 Å². The maximum absolute atomic E-state index is 13.1. The summed E-state index contributed by atoms with van der Waals surface area (Å²) >= 11 is 1.64. The van der Waals surface area contributed by atoms with Crippen molar-refractivity contribution in [1.29, 1.82) is 0 Å². The van der Waals surface area contributed by atoms with Crippen LogP contribution in [0.3, 0.4) is 0 Å². The second-order valence-corrected chi connectivity index (χ2v) is 7.03. The van der Waals surface area contributed by atoms with Crippen LogP contribution in [-0.4, -0.2) is 33.3 Å². The number of fused-ring (bicyclic) bond motifs is 1. The summed E-state index contributed by atoms with van der Waals surface area (Å²) in [6, 6.07) is 7.93. The standard InChI is InChI=1S/C18H19N3OS/c1-13-5-4-8-20(11-13)18(22)16-17(14-7-10-23-12-14)21-9-3-2-6-15(21)19-16/h2-3,6-7,9-10,12-13H,4-5,8,11H2,1H3/t13-/m0/s1. The highest BCUT2D eigenvalue weighted by Crippen LogP contribution is 2.29. The summed E-state index contributed by atoms with van der Waals surface area (Å²) in [5, 5.41) is 4.11. The van der Waals surface area contributed by atoms with Crippen LogP contribution in [-0.2, 0) is 0 Å². The lowest BCUT2D eigenvalue weighted by Crippen LogP contribution is -2.39. The lowest BCUT2D eigenvalue weighted by molar-refractivity contribution is 0.0678. The van der Waals surface area contributed by atoms with Crippen molar-refractivity contribution in [3.63, 3.8) is 0 Å². The zero-order valence-electron chi connectivity index (χ0n) is 13.1. The second kappa shape index (κ2) is 5.81. The average molecular weight is 325 g/mol. The third kappa shape index (κ3) is 2.55. The molecule has 0 unspecified atom stereocenters. The molecule has 0 saturated carbocycles. The molecular formula is C18H19N3OS. The first kappa shape index (κ1) is 14.5. The van der Waals surface area contributed by atoms with E-state index >= 15 is 0 Å². The number of pyridine rings is 1. The topological polar surface area (TPSA) is 37.6 Å². The van der Waals surface area contributed by atoms with Gasteiger partial charge in [0, 0.05) is 30.2 Å². The number of aromatic nitrogens is 2. The van der Waals surface area contributed by atoms with Gasteiger partial charge in [0.15, 0.2) is 5.69 Å². The predicted molar refractivity (Wildman–Crippen MR) is 92.8 cm³/mol. The molecule has 0 aliphatic carbocycles. The number of rotatable bonds is 2. The highest BCUT2D eigenvalue weighted by atomic mass is 32.1. The van der Waals surface area contributed by atoms with Crippen LogP contribution in [0.5, 0.6) is 0 Å². The van der Waals surface area contributed by atoms with Crippen LogP contribution in [0.25, 0.3) is 16.9 Å². The second-order valence-electron chi connectivity index (χ2n) is 6.25. The van der Waals surface area contributed by atoms with Crippen LogP contribution < -0.4 is 0 Å². The Labute approximate surface area is 139 Å². The first-order valence-corrected chi connectivity index (χ1v) is 8.97. The fraction of sp³-hybridized carbons (Fsp3) is 0.333. The number of nitrogens with zero attached hydrogens (tertiary/aromatic N) is 3. The van der Waals surface area contributed by atoms with Crippen LogP contribution in [0.4, 0.5) is 0 Å². The third-order valence-corrected chi connectivity index (χ3v) is 5.15. The molecule has 1 aliphatic rings. The Hall–Kier alpha value is -2.14. The normalized spacial score (nSPS) is 18.5. The van der Waals surface area contributed by atoms with Crippen molar-refractivity contribution in [3.8, 4) is 11.3 Å². The predicted octanol–water partition coefficient (Wildman–Crippen LogP) is 3.93. The zero-order valence-corrected chi connectivity index (χ0v) is 13.9. The number of thiophene rings is 1. The molecule has 1 fully saturated rings. The van der Waals surface area contributed by atoms with E-state index in [4.69, 9.17) is 0 Å². The summed E-state index contributed by atoms with van der Waals surface area (Å²) in [6.45, 7) is 3.87. The Kier molecular flexibility index (Phi) is 3.65. The molecule has 1 amide bonds. The minimum absolute atomic E-state index is 0.0569. The van der Waals surface area contributed by atoms with Crippen LogP contribution >= 0.6 is 11.3 Å². The van der Waals surface area contributed by atoms with E-state index in [1.807, 2.05) is 39.1 Å². The van der Waals surface area contributed by atoms with Crippen LogP contribution in [0, 0.1) is 5.92 Å². The molecule has 1 aliphatic heterocycles. The Morgan fingerprint density at radius 2 is 2.26 bits per heavy atom. The molecule has 1 atom stereocenters. The van der Waals surface area contributed by atoms with E-state index in [1.165, 1.54) is 6.42 Å². The monoisotopic (exact) mass is 325 g/mol. The highest BCUT2D eigenvalue weighted by molar-refractivity contribution is 7.08. The quantitative estimate of drug-likeness (QED) is 0.716. The molecule has 0 bridgehead atoms. The molecule has 3 aromatic rings. The van der Waals surface area contributed by atoms with Gasteiger partial charge in [-0.1, -0.05) is 13.0 Å². The average Bonchev–Trinajstić information content (AvgIpc) is 3.21. The summed E-state index contributed by atoms with van der Waals surface area (Å²) in [6.07, 6.45) is 4.26. The Morgan fingerprint density at radius 1 is 1.35 bits per heavy atom. The van der Waals surface area contributed by atoms with Gasteiger partial charge >= 0.3 is 0 Å². The number of likely N-dealkylation sites (tertiary alicyclic amines) is 1. The van der Waals surface area contributed by atoms with Gasteiger partial charge in [-0.15, -0.1) is 0 Å². The molecule has 5 heteroatoms. The smallest absolute Gasteiger partial charge is 0.274 e. The van der Waals surface area contributed by atoms with Crippen molar-refractivity contribution in [3.05, 3.63) is 46.9 Å². The van der Waals surface area contributed by atoms with E-state index in [-0.39, 0.29) is 5.91 Å². The van der Waals surface area contributed by atoms with Crippen molar-refractivity contribution < 1.29 is 4.79 Å². The van der Waals surface area contributed by atoms with Gasteiger partial charge in [0.05, 0.1) is 5.69 Å². The van der Waals surface area contributed by atoms with E-state index in [9.17, 15) is 4.79 Å². The van der Waals surface area contributed by atoms with Gasteiger partial charge < -0.3 is 4.90 Å². The minimum Gasteiger partial charge on any atom is -0.337 e. The van der Waals surface area contributed by atoms with E-state index in [2.05, 4.69) is 23.4 Å². The Bertz CT molecular complexity index is 837. The van der Waals surface area contributed by atoms with E-state index < -0.39 is 0 Å². The molecule has 4 heterocycles. The first-order chi connectivity index (χ1) is 11.2. The summed E-state index contributed by atoms with van der Waals surface area (Å²) in [4.78, 5) is 19.7. The van der Waals surface area contributed by atoms with Gasteiger partial charge in [0.1, 0.15) is 5.65 Å². The summed E-state index contributed by atoms with van der Waals surface area (Å²) in [7, 11) is 0. The number of carbonyl (C=O) groups excluding carboxylic acids is 1. The van der Waals surface area contributed by atoms with Crippen LogP contribution in [0.15, 0.2) is 41.2 Å². The van der Waals surface area contributed by atoms with E-state index in [1.54, 1.807) is 11.3 Å². The fourth-order valence-corrected chi connectivity index (χ4v) is 3.98. The first-order valence-electron chi connectivity index (χ1n) is 8.03. The molecular weight excluding hydrogens is 306 g/mol. The Morgan fingerprint density at radius 3 is 3.04 bits per heavy atom. The van der Waals surface area contributed by atoms with Crippen molar-refractivity contribution in [2.75, 3.05) is 13.1 Å². The Balaban J connectivity index is 1.83. The SMILES string of the molecule is C[C@H]1CCCN(C(=O)c2nc3ccccn3c2-c2ccsc2)C1. The summed E-state index contributed by atoms with van der Waals surface area (Å²) in [5.41, 5.74) is 3.36. The van der Waals surface area contributed by atoms with Gasteiger partial charge in [0.2, 0.25) is 0 Å². The van der Waals surface area contributed by atoms with Crippen molar-refractivity contribution in [2.45, 2.75) is 19.8 Å². The lowest BCUT2D eigenvalue weighted by Gasteiger charge is -2.30. The number of hydrogen-bond donors (Lipinski definition) is 0. The minimum atomic E-state index is 0.0569. The summed E-state index contributed by atoms with van der Waals surface area (Å²) in [5.74, 6) is 0.621. The summed E-state index contributed by atoms with van der Waals surface area (Å²) < 4.78 is 2.02. The van der Waals surface area contributed by atoms with Gasteiger partial charge in [-0.25, -0.2) is 4.98 Å². The number of piperidine rings is 1. The van der Waals surface area contributed by atoms with Crippen molar-refractivity contribution in [1.82, 2.24) is 14.3 Å². The molecule has 0 spiro atoms. The molecule has 0 radical (unpaired) electrons. The molecule has 118 valence electrons. The van der Waals surface area contributed by atoms with Crippen molar-refractivity contribution >= 4 is 22.9 Å². The van der Waals surface area contributed by atoms with E-state index in [0.717, 1.165) is 36.4 Å². The maximum atomic E-state index is 13.1. The van der Waals surface area contributed by atoms with Gasteiger partial charge in [-0.3, -0.25) is 9.20 Å². The molecule has 0 N–H and O–H groups in total. The number of carbonyl (C=O) groups is 1.